The number of hydrogen-bond acceptors (Lipinski definition) is 2. The van der Waals surface area contributed by atoms with Gasteiger partial charge in [0.25, 0.3) is 0 Å². The van der Waals surface area contributed by atoms with Gasteiger partial charge in [-0.05, 0) is 5.57 Å². The van der Waals surface area contributed by atoms with Crippen LogP contribution in [0.3, 0.4) is 0 Å². The summed E-state index contributed by atoms with van der Waals surface area (Å²) in [5.41, 5.74) is 1.69. The zero-order valence-electron chi connectivity index (χ0n) is 7.05. The molecule has 2 aliphatic rings. The SMILES string of the molecule is CC1(C)CN=CC2=C1CCO2. The highest BCUT2D eigenvalue weighted by Gasteiger charge is 2.31. The first-order valence-electron chi connectivity index (χ1n) is 4.06. The van der Waals surface area contributed by atoms with Crippen LogP contribution in [0, 0.1) is 5.41 Å². The van der Waals surface area contributed by atoms with Crippen LogP contribution in [-0.2, 0) is 4.74 Å². The molecular weight excluding hydrogens is 138 g/mol. The second-order valence-corrected chi connectivity index (χ2v) is 3.79. The zero-order chi connectivity index (χ0) is 7.90. The van der Waals surface area contributed by atoms with E-state index in [2.05, 4.69) is 18.8 Å². The lowest BCUT2D eigenvalue weighted by Gasteiger charge is -2.26. The van der Waals surface area contributed by atoms with Gasteiger partial charge in [-0.3, -0.25) is 4.99 Å². The fourth-order valence-electron chi connectivity index (χ4n) is 1.71. The summed E-state index contributed by atoms with van der Waals surface area (Å²) < 4.78 is 5.42. The van der Waals surface area contributed by atoms with Gasteiger partial charge in [0, 0.05) is 18.4 Å². The molecule has 0 atom stereocenters. The molecule has 0 radical (unpaired) electrons. The standard InChI is InChI=1S/C9H13NO/c1-9(2)6-10-5-8-7(9)3-4-11-8/h5H,3-4,6H2,1-2H3. The first kappa shape index (κ1) is 6.89. The van der Waals surface area contributed by atoms with Crippen molar-refractivity contribution < 1.29 is 4.74 Å². The van der Waals surface area contributed by atoms with Crippen LogP contribution in [0.4, 0.5) is 0 Å². The first-order chi connectivity index (χ1) is 5.20. The normalized spacial score (nSPS) is 26.7. The second-order valence-electron chi connectivity index (χ2n) is 3.79. The second kappa shape index (κ2) is 2.10. The van der Waals surface area contributed by atoms with Crippen molar-refractivity contribution in [1.29, 1.82) is 0 Å². The summed E-state index contributed by atoms with van der Waals surface area (Å²) in [7, 11) is 0. The predicted octanol–water partition coefficient (Wildman–Crippen LogP) is 1.77. The van der Waals surface area contributed by atoms with E-state index < -0.39 is 0 Å². The molecule has 11 heavy (non-hydrogen) atoms. The summed E-state index contributed by atoms with van der Waals surface area (Å²) in [5, 5.41) is 0. The van der Waals surface area contributed by atoms with Gasteiger partial charge >= 0.3 is 0 Å². The van der Waals surface area contributed by atoms with Crippen molar-refractivity contribution in [2.75, 3.05) is 13.2 Å². The minimum Gasteiger partial charge on any atom is -0.492 e. The van der Waals surface area contributed by atoms with Gasteiger partial charge in [0.05, 0.1) is 12.8 Å². The quantitative estimate of drug-likeness (QED) is 0.517. The molecule has 0 N–H and O–H groups in total. The number of allylic oxidation sites excluding steroid dienone is 1. The van der Waals surface area contributed by atoms with E-state index in [1.807, 2.05) is 6.21 Å². The Morgan fingerprint density at radius 1 is 1.55 bits per heavy atom. The van der Waals surface area contributed by atoms with Crippen LogP contribution < -0.4 is 0 Å². The summed E-state index contributed by atoms with van der Waals surface area (Å²) in [6, 6.07) is 0. The maximum atomic E-state index is 5.42. The largest absolute Gasteiger partial charge is 0.492 e. The molecule has 0 aromatic heterocycles. The molecule has 0 unspecified atom stereocenters. The molecule has 2 heteroatoms. The maximum absolute atomic E-state index is 5.42. The van der Waals surface area contributed by atoms with Gasteiger partial charge in [0.1, 0.15) is 5.76 Å². The highest BCUT2D eigenvalue weighted by Crippen LogP contribution is 2.37. The van der Waals surface area contributed by atoms with E-state index >= 15 is 0 Å². The number of rotatable bonds is 0. The van der Waals surface area contributed by atoms with E-state index in [9.17, 15) is 0 Å². The Hall–Kier alpha value is -0.790. The third-order valence-electron chi connectivity index (χ3n) is 2.42. The molecule has 2 aliphatic heterocycles. The number of dihydropyridines is 1. The van der Waals surface area contributed by atoms with Gasteiger partial charge < -0.3 is 4.74 Å². The molecule has 0 saturated heterocycles. The first-order valence-corrected chi connectivity index (χ1v) is 4.06. The maximum Gasteiger partial charge on any atom is 0.137 e. The van der Waals surface area contributed by atoms with Crippen molar-refractivity contribution in [3.63, 3.8) is 0 Å². The summed E-state index contributed by atoms with van der Waals surface area (Å²) in [6.07, 6.45) is 2.96. The van der Waals surface area contributed by atoms with Gasteiger partial charge in [-0.2, -0.15) is 0 Å². The number of hydrogen-bond donors (Lipinski definition) is 0. The van der Waals surface area contributed by atoms with Crippen molar-refractivity contribution in [3.8, 4) is 0 Å². The van der Waals surface area contributed by atoms with Crippen LogP contribution in [-0.4, -0.2) is 19.4 Å². The Bertz CT molecular complexity index is 238. The summed E-state index contributed by atoms with van der Waals surface area (Å²) in [4.78, 5) is 4.26. The Balaban J connectivity index is 2.39. The van der Waals surface area contributed by atoms with E-state index in [1.165, 1.54) is 5.57 Å². The number of nitrogens with zero attached hydrogens (tertiary/aromatic N) is 1. The minimum absolute atomic E-state index is 0.237. The van der Waals surface area contributed by atoms with E-state index in [0.717, 1.165) is 25.3 Å². The van der Waals surface area contributed by atoms with Gasteiger partial charge in [-0.25, -0.2) is 0 Å². The van der Waals surface area contributed by atoms with Crippen LogP contribution in [0.1, 0.15) is 20.3 Å². The van der Waals surface area contributed by atoms with E-state index in [0.29, 0.717) is 0 Å². The molecule has 0 amide bonds. The van der Waals surface area contributed by atoms with Crippen LogP contribution >= 0.6 is 0 Å². The van der Waals surface area contributed by atoms with Crippen molar-refractivity contribution in [2.24, 2.45) is 10.4 Å². The average molecular weight is 151 g/mol. The van der Waals surface area contributed by atoms with Gasteiger partial charge in [0.15, 0.2) is 0 Å². The lowest BCUT2D eigenvalue weighted by molar-refractivity contribution is 0.264. The predicted molar refractivity (Wildman–Crippen MR) is 44.7 cm³/mol. The van der Waals surface area contributed by atoms with Crippen LogP contribution in [0.25, 0.3) is 0 Å². The fraction of sp³-hybridized carbons (Fsp3) is 0.667. The molecule has 2 rings (SSSR count). The lowest BCUT2D eigenvalue weighted by Crippen LogP contribution is -2.22. The monoisotopic (exact) mass is 151 g/mol. The molecule has 0 spiro atoms. The van der Waals surface area contributed by atoms with Gasteiger partial charge in [-0.1, -0.05) is 13.8 Å². The fourth-order valence-corrected chi connectivity index (χ4v) is 1.71. The van der Waals surface area contributed by atoms with E-state index in [-0.39, 0.29) is 5.41 Å². The van der Waals surface area contributed by atoms with Crippen molar-refractivity contribution in [2.45, 2.75) is 20.3 Å². The summed E-state index contributed by atoms with van der Waals surface area (Å²) >= 11 is 0. The third-order valence-corrected chi connectivity index (χ3v) is 2.42. The summed E-state index contributed by atoms with van der Waals surface area (Å²) in [5.74, 6) is 1.03. The van der Waals surface area contributed by atoms with Crippen molar-refractivity contribution >= 4 is 6.21 Å². The van der Waals surface area contributed by atoms with Crippen LogP contribution in [0.2, 0.25) is 0 Å². The minimum atomic E-state index is 0.237. The van der Waals surface area contributed by atoms with Crippen LogP contribution in [0.5, 0.6) is 0 Å². The number of ether oxygens (including phenoxy) is 1. The molecule has 0 fully saturated rings. The van der Waals surface area contributed by atoms with Crippen molar-refractivity contribution in [1.82, 2.24) is 0 Å². The molecule has 2 nitrogen and oxygen atoms in total. The molecular formula is C9H13NO. The number of aliphatic imine (C=N–C) groups is 1. The van der Waals surface area contributed by atoms with Crippen molar-refractivity contribution in [3.05, 3.63) is 11.3 Å². The van der Waals surface area contributed by atoms with Crippen LogP contribution in [0.15, 0.2) is 16.3 Å². The third kappa shape index (κ3) is 0.971. The Morgan fingerprint density at radius 3 is 3.09 bits per heavy atom. The molecule has 0 aromatic rings. The topological polar surface area (TPSA) is 21.6 Å². The lowest BCUT2D eigenvalue weighted by atomic mass is 9.81. The molecule has 2 heterocycles. The average Bonchev–Trinajstić information content (AvgIpc) is 2.34. The van der Waals surface area contributed by atoms with E-state index in [4.69, 9.17) is 4.74 Å². The van der Waals surface area contributed by atoms with Gasteiger partial charge in [0.2, 0.25) is 0 Å². The molecule has 0 aromatic carbocycles. The van der Waals surface area contributed by atoms with E-state index in [1.54, 1.807) is 0 Å². The molecule has 0 aliphatic carbocycles. The molecule has 0 saturated carbocycles. The highest BCUT2D eigenvalue weighted by atomic mass is 16.5. The zero-order valence-corrected chi connectivity index (χ0v) is 7.05. The smallest absolute Gasteiger partial charge is 0.137 e. The molecule has 0 bridgehead atoms. The highest BCUT2D eigenvalue weighted by molar-refractivity contribution is 5.79. The summed E-state index contributed by atoms with van der Waals surface area (Å²) in [6.45, 7) is 6.22. The Morgan fingerprint density at radius 2 is 2.36 bits per heavy atom. The van der Waals surface area contributed by atoms with Gasteiger partial charge in [-0.15, -0.1) is 0 Å². The Kier molecular flexibility index (Phi) is 1.31. The Labute approximate surface area is 67.0 Å². The molecule has 60 valence electrons.